The number of fused-ring (bicyclic) bond motifs is 1. The third-order valence-electron chi connectivity index (χ3n) is 2.69. The Morgan fingerprint density at radius 1 is 1.41 bits per heavy atom. The molecule has 0 aliphatic heterocycles. The maximum absolute atomic E-state index is 11.4. The van der Waals surface area contributed by atoms with Gasteiger partial charge in [-0.3, -0.25) is 9.59 Å². The van der Waals surface area contributed by atoms with E-state index in [4.69, 9.17) is 0 Å². The molecule has 0 aromatic heterocycles. The van der Waals surface area contributed by atoms with E-state index in [0.717, 1.165) is 23.1 Å². The molecular weight excluding hydrogens is 214 g/mol. The molecule has 1 aromatic rings. The second-order valence-corrected chi connectivity index (χ2v) is 4.01. The van der Waals surface area contributed by atoms with Gasteiger partial charge in [0.05, 0.1) is 6.54 Å². The molecule has 1 aromatic carbocycles. The number of benzene rings is 1. The second-order valence-electron chi connectivity index (χ2n) is 4.01. The Kier molecular flexibility index (Phi) is 3.24. The Labute approximate surface area is 100 Å². The normalized spacial score (nSPS) is 12.6. The fourth-order valence-corrected chi connectivity index (χ4v) is 1.85. The van der Waals surface area contributed by atoms with E-state index in [1.807, 2.05) is 18.2 Å². The van der Waals surface area contributed by atoms with Crippen molar-refractivity contribution in [2.45, 2.75) is 19.8 Å². The molecule has 3 nitrogen and oxygen atoms in total. The lowest BCUT2D eigenvalue weighted by Crippen LogP contribution is -2.19. The van der Waals surface area contributed by atoms with E-state index in [1.165, 1.54) is 6.92 Å². The van der Waals surface area contributed by atoms with E-state index in [9.17, 15) is 9.59 Å². The van der Waals surface area contributed by atoms with Crippen LogP contribution in [-0.4, -0.2) is 18.2 Å². The van der Waals surface area contributed by atoms with Gasteiger partial charge in [-0.15, -0.1) is 0 Å². The predicted molar refractivity (Wildman–Crippen MR) is 64.7 cm³/mol. The maximum atomic E-state index is 11.4. The van der Waals surface area contributed by atoms with Gasteiger partial charge in [0.25, 0.3) is 0 Å². The zero-order chi connectivity index (χ0) is 12.3. The summed E-state index contributed by atoms with van der Waals surface area (Å²) in [5.41, 5.74) is 2.81. The zero-order valence-electron chi connectivity index (χ0n) is 9.67. The highest BCUT2D eigenvalue weighted by Gasteiger charge is 2.18. The molecule has 0 spiro atoms. The van der Waals surface area contributed by atoms with Gasteiger partial charge in [0, 0.05) is 24.5 Å². The monoisotopic (exact) mass is 227 g/mol. The summed E-state index contributed by atoms with van der Waals surface area (Å²) in [6, 6.07) is 5.65. The number of hydrogen-bond acceptors (Lipinski definition) is 2. The molecular formula is C14H13NO2. The number of ketones is 1. The molecule has 0 unspecified atom stereocenters. The third-order valence-corrected chi connectivity index (χ3v) is 2.69. The Morgan fingerprint density at radius 2 is 2.24 bits per heavy atom. The molecule has 1 amide bonds. The number of nitrogens with one attached hydrogen (secondary N) is 1. The number of carbonyl (C=O) groups is 2. The van der Waals surface area contributed by atoms with E-state index in [-0.39, 0.29) is 11.7 Å². The van der Waals surface area contributed by atoms with Crippen molar-refractivity contribution in [3.05, 3.63) is 34.9 Å². The van der Waals surface area contributed by atoms with Crippen LogP contribution in [0.3, 0.4) is 0 Å². The molecule has 1 aliphatic carbocycles. The van der Waals surface area contributed by atoms with Gasteiger partial charge in [-0.1, -0.05) is 11.8 Å². The van der Waals surface area contributed by atoms with Crippen LogP contribution in [0.4, 0.5) is 0 Å². The fourth-order valence-electron chi connectivity index (χ4n) is 1.85. The van der Waals surface area contributed by atoms with Gasteiger partial charge in [0.1, 0.15) is 0 Å². The molecule has 1 aliphatic rings. The second kappa shape index (κ2) is 4.84. The van der Waals surface area contributed by atoms with E-state index in [1.54, 1.807) is 0 Å². The van der Waals surface area contributed by atoms with Crippen LogP contribution in [0, 0.1) is 11.8 Å². The van der Waals surface area contributed by atoms with Crippen molar-refractivity contribution in [3.63, 3.8) is 0 Å². The minimum atomic E-state index is -0.0844. The summed E-state index contributed by atoms with van der Waals surface area (Å²) in [6.45, 7) is 1.81. The van der Waals surface area contributed by atoms with Crippen LogP contribution in [0.2, 0.25) is 0 Å². The van der Waals surface area contributed by atoms with Crippen LogP contribution in [0.5, 0.6) is 0 Å². The molecule has 0 fully saturated rings. The van der Waals surface area contributed by atoms with Crippen LogP contribution in [0.15, 0.2) is 18.2 Å². The van der Waals surface area contributed by atoms with Crippen LogP contribution < -0.4 is 5.32 Å². The van der Waals surface area contributed by atoms with Crippen molar-refractivity contribution < 1.29 is 9.59 Å². The van der Waals surface area contributed by atoms with Crippen molar-refractivity contribution in [2.24, 2.45) is 0 Å². The summed E-state index contributed by atoms with van der Waals surface area (Å²) in [5, 5.41) is 2.61. The van der Waals surface area contributed by atoms with Gasteiger partial charge in [0.15, 0.2) is 5.78 Å². The molecule has 0 atom stereocenters. The van der Waals surface area contributed by atoms with E-state index >= 15 is 0 Å². The number of amides is 1. The lowest BCUT2D eigenvalue weighted by atomic mass is 10.1. The SMILES string of the molecule is CC(=O)NCC#Cc1ccc2c(c1)CCC2=O. The van der Waals surface area contributed by atoms with Crippen LogP contribution in [0.1, 0.15) is 34.8 Å². The van der Waals surface area contributed by atoms with Gasteiger partial charge in [0.2, 0.25) is 5.91 Å². The molecule has 17 heavy (non-hydrogen) atoms. The molecule has 0 saturated carbocycles. The number of hydrogen-bond donors (Lipinski definition) is 1. The number of aryl methyl sites for hydroxylation is 1. The molecule has 0 heterocycles. The smallest absolute Gasteiger partial charge is 0.217 e. The maximum Gasteiger partial charge on any atom is 0.217 e. The van der Waals surface area contributed by atoms with Gasteiger partial charge in [-0.2, -0.15) is 0 Å². The van der Waals surface area contributed by atoms with Crippen LogP contribution in [0.25, 0.3) is 0 Å². The average Bonchev–Trinajstić information content (AvgIpc) is 2.66. The predicted octanol–water partition coefficient (Wildman–Crippen LogP) is 1.30. The van der Waals surface area contributed by atoms with Crippen molar-refractivity contribution >= 4 is 11.7 Å². The standard InChI is InChI=1S/C14H13NO2/c1-10(16)15-8-2-3-11-4-6-13-12(9-11)5-7-14(13)17/h4,6,9H,5,7-8H2,1H3,(H,15,16). The highest BCUT2D eigenvalue weighted by molar-refractivity contribution is 6.00. The lowest BCUT2D eigenvalue weighted by Gasteiger charge is -1.97. The molecule has 86 valence electrons. The molecule has 2 rings (SSSR count). The van der Waals surface area contributed by atoms with E-state index in [0.29, 0.717) is 13.0 Å². The summed E-state index contributed by atoms with van der Waals surface area (Å²) >= 11 is 0. The van der Waals surface area contributed by atoms with Crippen LogP contribution >= 0.6 is 0 Å². The Bertz CT molecular complexity index is 535. The van der Waals surface area contributed by atoms with Crippen molar-refractivity contribution in [1.82, 2.24) is 5.32 Å². The molecule has 0 radical (unpaired) electrons. The van der Waals surface area contributed by atoms with Gasteiger partial charge >= 0.3 is 0 Å². The van der Waals surface area contributed by atoms with E-state index < -0.39 is 0 Å². The summed E-state index contributed by atoms with van der Waals surface area (Å²) < 4.78 is 0. The summed E-state index contributed by atoms with van der Waals surface area (Å²) in [5.74, 6) is 5.97. The number of Topliss-reactive ketones (excluding diaryl/α,β-unsaturated/α-hetero) is 1. The first-order valence-electron chi connectivity index (χ1n) is 5.56. The zero-order valence-corrected chi connectivity index (χ0v) is 9.67. The number of rotatable bonds is 1. The number of carbonyl (C=O) groups excluding carboxylic acids is 2. The van der Waals surface area contributed by atoms with Crippen molar-refractivity contribution in [1.29, 1.82) is 0 Å². The highest BCUT2D eigenvalue weighted by Crippen LogP contribution is 2.22. The topological polar surface area (TPSA) is 46.2 Å². The van der Waals surface area contributed by atoms with Crippen molar-refractivity contribution in [3.8, 4) is 11.8 Å². The minimum absolute atomic E-state index is 0.0844. The first-order chi connectivity index (χ1) is 8.16. The van der Waals surface area contributed by atoms with Gasteiger partial charge in [-0.25, -0.2) is 0 Å². The highest BCUT2D eigenvalue weighted by atomic mass is 16.1. The third kappa shape index (κ3) is 2.73. The Hall–Kier alpha value is -2.08. The fraction of sp³-hybridized carbons (Fsp3) is 0.286. The molecule has 1 N–H and O–H groups in total. The molecule has 0 saturated heterocycles. The van der Waals surface area contributed by atoms with Crippen molar-refractivity contribution in [2.75, 3.05) is 6.54 Å². The summed E-state index contributed by atoms with van der Waals surface area (Å²) in [4.78, 5) is 22.1. The minimum Gasteiger partial charge on any atom is -0.345 e. The quantitative estimate of drug-likeness (QED) is 0.735. The Morgan fingerprint density at radius 3 is 3.00 bits per heavy atom. The summed E-state index contributed by atoms with van der Waals surface area (Å²) in [6.07, 6.45) is 1.42. The van der Waals surface area contributed by atoms with Crippen LogP contribution in [-0.2, 0) is 11.2 Å². The molecule has 0 bridgehead atoms. The van der Waals surface area contributed by atoms with Gasteiger partial charge in [-0.05, 0) is 30.2 Å². The summed E-state index contributed by atoms with van der Waals surface area (Å²) in [7, 11) is 0. The largest absolute Gasteiger partial charge is 0.345 e. The van der Waals surface area contributed by atoms with E-state index in [2.05, 4.69) is 17.2 Å². The first-order valence-corrected chi connectivity index (χ1v) is 5.56. The molecule has 3 heteroatoms. The first kappa shape index (κ1) is 11.4. The van der Waals surface area contributed by atoms with Gasteiger partial charge < -0.3 is 5.32 Å². The lowest BCUT2D eigenvalue weighted by molar-refractivity contribution is -0.118. The Balaban J connectivity index is 2.08. The average molecular weight is 227 g/mol.